The molecule has 2 fully saturated rings. The van der Waals surface area contributed by atoms with Crippen molar-refractivity contribution in [2.24, 2.45) is 5.73 Å². The van der Waals surface area contributed by atoms with Crippen molar-refractivity contribution in [3.8, 4) is 0 Å². The van der Waals surface area contributed by atoms with E-state index < -0.39 is 0 Å². The number of piperazine rings is 1. The molecular formula is C18H29N3. The van der Waals surface area contributed by atoms with Crippen LogP contribution in [0.1, 0.15) is 37.7 Å². The fraction of sp³-hybridized carbons (Fsp3) is 0.667. The summed E-state index contributed by atoms with van der Waals surface area (Å²) in [6.45, 7) is 7.58. The molecule has 0 atom stereocenters. The van der Waals surface area contributed by atoms with Gasteiger partial charge in [-0.2, -0.15) is 0 Å². The number of hydrogen-bond acceptors (Lipinski definition) is 3. The molecule has 116 valence electrons. The molecule has 1 aromatic rings. The third kappa shape index (κ3) is 3.09. The van der Waals surface area contributed by atoms with Crippen LogP contribution in [0.4, 0.5) is 5.69 Å². The monoisotopic (exact) mass is 287 g/mol. The molecule has 0 unspecified atom stereocenters. The summed E-state index contributed by atoms with van der Waals surface area (Å²) in [6.07, 6.45) is 6.71. The van der Waals surface area contributed by atoms with Crippen LogP contribution in [0.25, 0.3) is 0 Å². The largest absolute Gasteiger partial charge is 0.369 e. The molecule has 1 heterocycles. The Kier molecular flexibility index (Phi) is 4.51. The number of anilines is 1. The summed E-state index contributed by atoms with van der Waals surface area (Å²) in [5, 5.41) is 0. The van der Waals surface area contributed by atoms with E-state index in [1.54, 1.807) is 0 Å². The smallest absolute Gasteiger partial charge is 0.0369 e. The van der Waals surface area contributed by atoms with Crippen molar-refractivity contribution < 1.29 is 0 Å². The molecule has 1 aliphatic heterocycles. The van der Waals surface area contributed by atoms with E-state index in [4.69, 9.17) is 5.73 Å². The molecule has 0 aromatic heterocycles. The van der Waals surface area contributed by atoms with Gasteiger partial charge in [0, 0.05) is 44.0 Å². The van der Waals surface area contributed by atoms with E-state index in [1.807, 2.05) is 0 Å². The third-order valence-corrected chi connectivity index (χ3v) is 5.48. The van der Waals surface area contributed by atoms with E-state index in [9.17, 15) is 0 Å². The molecule has 0 spiro atoms. The van der Waals surface area contributed by atoms with Crippen molar-refractivity contribution in [1.82, 2.24) is 4.90 Å². The van der Waals surface area contributed by atoms with Crippen LogP contribution in [-0.4, -0.2) is 43.2 Å². The summed E-state index contributed by atoms with van der Waals surface area (Å²) in [5.74, 6) is 0. The normalized spacial score (nSPS) is 23.2. The van der Waals surface area contributed by atoms with Gasteiger partial charge in [0.1, 0.15) is 0 Å². The Morgan fingerprint density at radius 1 is 1.05 bits per heavy atom. The number of aryl methyl sites for hydroxylation is 1. The molecule has 0 radical (unpaired) electrons. The van der Waals surface area contributed by atoms with Gasteiger partial charge in [0.25, 0.3) is 0 Å². The van der Waals surface area contributed by atoms with E-state index >= 15 is 0 Å². The predicted molar refractivity (Wildman–Crippen MR) is 89.8 cm³/mol. The average Bonchev–Trinajstić information content (AvgIpc) is 2.56. The first kappa shape index (κ1) is 14.9. The Hall–Kier alpha value is -1.06. The quantitative estimate of drug-likeness (QED) is 0.928. The van der Waals surface area contributed by atoms with Gasteiger partial charge in [-0.25, -0.2) is 0 Å². The Labute approximate surface area is 129 Å². The molecule has 21 heavy (non-hydrogen) atoms. The highest BCUT2D eigenvalue weighted by molar-refractivity contribution is 5.48. The van der Waals surface area contributed by atoms with E-state index in [0.29, 0.717) is 5.54 Å². The molecule has 3 nitrogen and oxygen atoms in total. The van der Waals surface area contributed by atoms with Crippen LogP contribution in [0.3, 0.4) is 0 Å². The fourth-order valence-electron chi connectivity index (χ4n) is 4.12. The van der Waals surface area contributed by atoms with Gasteiger partial charge in [0.2, 0.25) is 0 Å². The van der Waals surface area contributed by atoms with E-state index in [2.05, 4.69) is 41.0 Å². The molecule has 0 bridgehead atoms. The van der Waals surface area contributed by atoms with Crippen LogP contribution < -0.4 is 10.6 Å². The number of benzene rings is 1. The van der Waals surface area contributed by atoms with Crippen LogP contribution in [0.5, 0.6) is 0 Å². The number of hydrogen-bond donors (Lipinski definition) is 1. The summed E-state index contributed by atoms with van der Waals surface area (Å²) in [7, 11) is 0. The highest BCUT2D eigenvalue weighted by Crippen LogP contribution is 2.34. The lowest BCUT2D eigenvalue weighted by molar-refractivity contribution is 0.0519. The standard InChI is InChI=1S/C18H29N3/c1-16-6-5-7-17(14-16)20-10-12-21(13-11-20)18(15-19)8-3-2-4-9-18/h5-7,14H,2-4,8-13,15,19H2,1H3. The summed E-state index contributed by atoms with van der Waals surface area (Å²) in [6, 6.07) is 8.88. The van der Waals surface area contributed by atoms with Gasteiger partial charge in [0.05, 0.1) is 0 Å². The van der Waals surface area contributed by atoms with Crippen molar-refractivity contribution in [3.05, 3.63) is 29.8 Å². The molecule has 1 saturated heterocycles. The van der Waals surface area contributed by atoms with Crippen LogP contribution in [-0.2, 0) is 0 Å². The maximum Gasteiger partial charge on any atom is 0.0369 e. The topological polar surface area (TPSA) is 32.5 Å². The first-order valence-electron chi connectivity index (χ1n) is 8.50. The van der Waals surface area contributed by atoms with Gasteiger partial charge in [-0.05, 0) is 37.5 Å². The maximum atomic E-state index is 6.18. The zero-order valence-corrected chi connectivity index (χ0v) is 13.4. The molecule has 2 N–H and O–H groups in total. The Morgan fingerprint density at radius 2 is 1.76 bits per heavy atom. The van der Waals surface area contributed by atoms with Crippen molar-refractivity contribution >= 4 is 5.69 Å². The van der Waals surface area contributed by atoms with Crippen molar-refractivity contribution in [3.63, 3.8) is 0 Å². The van der Waals surface area contributed by atoms with Crippen molar-refractivity contribution in [2.75, 3.05) is 37.6 Å². The molecule has 1 aromatic carbocycles. The van der Waals surface area contributed by atoms with Gasteiger partial charge in [-0.15, -0.1) is 0 Å². The summed E-state index contributed by atoms with van der Waals surface area (Å²) in [4.78, 5) is 5.22. The highest BCUT2D eigenvalue weighted by atomic mass is 15.3. The fourth-order valence-corrected chi connectivity index (χ4v) is 4.12. The molecule has 0 amide bonds. The second-order valence-corrected chi connectivity index (χ2v) is 6.80. The zero-order chi connectivity index (χ0) is 14.7. The first-order chi connectivity index (χ1) is 10.2. The molecular weight excluding hydrogens is 258 g/mol. The highest BCUT2D eigenvalue weighted by Gasteiger charge is 2.38. The number of rotatable bonds is 3. The van der Waals surface area contributed by atoms with Gasteiger partial charge in [-0.3, -0.25) is 4.90 Å². The van der Waals surface area contributed by atoms with Crippen LogP contribution in [0.15, 0.2) is 24.3 Å². The van der Waals surface area contributed by atoms with E-state index in [0.717, 1.165) is 32.7 Å². The van der Waals surface area contributed by atoms with Crippen molar-refractivity contribution in [1.29, 1.82) is 0 Å². The molecule has 3 heteroatoms. The summed E-state index contributed by atoms with van der Waals surface area (Å²) < 4.78 is 0. The Bertz CT molecular complexity index is 457. The van der Waals surface area contributed by atoms with E-state index in [-0.39, 0.29) is 0 Å². The van der Waals surface area contributed by atoms with Crippen LogP contribution >= 0.6 is 0 Å². The van der Waals surface area contributed by atoms with Crippen molar-refractivity contribution in [2.45, 2.75) is 44.6 Å². The lowest BCUT2D eigenvalue weighted by Crippen LogP contribution is -2.61. The number of nitrogens with zero attached hydrogens (tertiary/aromatic N) is 2. The average molecular weight is 287 g/mol. The van der Waals surface area contributed by atoms with Gasteiger partial charge < -0.3 is 10.6 Å². The second kappa shape index (κ2) is 6.37. The minimum absolute atomic E-state index is 0.303. The summed E-state index contributed by atoms with van der Waals surface area (Å²) >= 11 is 0. The molecule has 3 rings (SSSR count). The van der Waals surface area contributed by atoms with E-state index in [1.165, 1.54) is 43.4 Å². The van der Waals surface area contributed by atoms with Gasteiger partial charge in [-0.1, -0.05) is 31.4 Å². The lowest BCUT2D eigenvalue weighted by atomic mass is 9.80. The van der Waals surface area contributed by atoms with Crippen LogP contribution in [0, 0.1) is 6.92 Å². The molecule has 2 aliphatic rings. The maximum absolute atomic E-state index is 6.18. The Balaban J connectivity index is 1.64. The Morgan fingerprint density at radius 3 is 2.38 bits per heavy atom. The van der Waals surface area contributed by atoms with Crippen LogP contribution in [0.2, 0.25) is 0 Å². The molecule has 1 saturated carbocycles. The third-order valence-electron chi connectivity index (χ3n) is 5.48. The first-order valence-corrected chi connectivity index (χ1v) is 8.50. The second-order valence-electron chi connectivity index (χ2n) is 6.80. The minimum Gasteiger partial charge on any atom is -0.369 e. The lowest BCUT2D eigenvalue weighted by Gasteiger charge is -2.49. The van der Waals surface area contributed by atoms with Gasteiger partial charge in [0.15, 0.2) is 0 Å². The molecule has 1 aliphatic carbocycles. The minimum atomic E-state index is 0.303. The SMILES string of the molecule is Cc1cccc(N2CCN(C3(CN)CCCCC3)CC2)c1. The number of nitrogens with two attached hydrogens (primary N) is 1. The predicted octanol–water partition coefficient (Wildman–Crippen LogP) is 2.78. The van der Waals surface area contributed by atoms with Gasteiger partial charge >= 0.3 is 0 Å². The zero-order valence-electron chi connectivity index (χ0n) is 13.4. The summed E-state index contributed by atoms with van der Waals surface area (Å²) in [5.41, 5.74) is 9.20.